The zero-order valence-corrected chi connectivity index (χ0v) is 21.1. The first-order valence-corrected chi connectivity index (χ1v) is 12.5. The molecule has 2 fully saturated rings. The molecule has 1 aliphatic carbocycles. The standard InChI is InChI=1S/C26H27F7N4O3/c27-20-13-18(5-8-21(20)35-23(39)34-14-16-1-2-16)22(38)37-11-9-36(10-12-37)15-17-3-6-19(7-4-17)24(40,25(28,29)30)26(31,32)33/h3-8,13,16,40H,1-2,9-12,14-15H2,(H2,34,35,39). The summed E-state index contributed by atoms with van der Waals surface area (Å²) < 4.78 is 93.0. The predicted octanol–water partition coefficient (Wildman–Crippen LogP) is 4.63. The van der Waals surface area contributed by atoms with Crippen LogP contribution in [0.4, 0.5) is 41.2 Å². The molecule has 1 saturated carbocycles. The van der Waals surface area contributed by atoms with Crippen LogP contribution in [-0.4, -0.2) is 71.9 Å². The minimum Gasteiger partial charge on any atom is -0.369 e. The third-order valence-corrected chi connectivity index (χ3v) is 6.97. The number of aliphatic hydroxyl groups is 1. The molecule has 1 heterocycles. The Morgan fingerprint density at radius 1 is 0.900 bits per heavy atom. The van der Waals surface area contributed by atoms with Gasteiger partial charge in [0.05, 0.1) is 5.69 Å². The molecule has 0 unspecified atom stereocenters. The Hall–Kier alpha value is -3.39. The summed E-state index contributed by atoms with van der Waals surface area (Å²) in [6.45, 7) is 1.92. The maximum Gasteiger partial charge on any atom is 0.430 e. The van der Waals surface area contributed by atoms with E-state index >= 15 is 0 Å². The number of benzene rings is 2. The first-order valence-electron chi connectivity index (χ1n) is 12.5. The number of alkyl halides is 6. The van der Waals surface area contributed by atoms with Gasteiger partial charge in [0, 0.05) is 50.4 Å². The molecular formula is C26H27F7N4O3. The number of amides is 3. The lowest BCUT2D eigenvalue weighted by Crippen LogP contribution is -2.53. The van der Waals surface area contributed by atoms with Crippen LogP contribution in [0.15, 0.2) is 42.5 Å². The van der Waals surface area contributed by atoms with Crippen molar-refractivity contribution in [2.75, 3.05) is 38.0 Å². The number of urea groups is 1. The minimum atomic E-state index is -5.96. The molecule has 0 radical (unpaired) electrons. The smallest absolute Gasteiger partial charge is 0.369 e. The number of nitrogens with zero attached hydrogens (tertiary/aromatic N) is 2. The van der Waals surface area contributed by atoms with Gasteiger partial charge < -0.3 is 20.6 Å². The van der Waals surface area contributed by atoms with Gasteiger partial charge in [0.1, 0.15) is 5.82 Å². The van der Waals surface area contributed by atoms with Crippen LogP contribution in [0.1, 0.15) is 34.3 Å². The Labute approximate surface area is 224 Å². The van der Waals surface area contributed by atoms with E-state index in [1.807, 2.05) is 4.90 Å². The molecule has 1 aliphatic heterocycles. The number of hydrogen-bond acceptors (Lipinski definition) is 4. The van der Waals surface area contributed by atoms with Crippen LogP contribution < -0.4 is 10.6 Å². The molecule has 2 aliphatic rings. The van der Waals surface area contributed by atoms with E-state index in [1.54, 1.807) is 0 Å². The summed E-state index contributed by atoms with van der Waals surface area (Å²) in [7, 11) is 0. The average molecular weight is 577 g/mol. The summed E-state index contributed by atoms with van der Waals surface area (Å²) in [5.41, 5.74) is -5.88. The number of piperazine rings is 1. The third-order valence-electron chi connectivity index (χ3n) is 6.97. The molecule has 40 heavy (non-hydrogen) atoms. The molecule has 7 nitrogen and oxygen atoms in total. The number of carbonyl (C=O) groups excluding carboxylic acids is 2. The van der Waals surface area contributed by atoms with Crippen LogP contribution in [0.2, 0.25) is 0 Å². The zero-order chi connectivity index (χ0) is 29.3. The molecule has 218 valence electrons. The molecular weight excluding hydrogens is 549 g/mol. The van der Waals surface area contributed by atoms with Crippen LogP contribution >= 0.6 is 0 Å². The van der Waals surface area contributed by atoms with Crippen molar-refractivity contribution in [3.05, 3.63) is 65.0 Å². The Bertz CT molecular complexity index is 1210. The van der Waals surface area contributed by atoms with E-state index in [-0.39, 0.29) is 30.9 Å². The van der Waals surface area contributed by atoms with E-state index < -0.39 is 41.3 Å². The van der Waals surface area contributed by atoms with E-state index in [1.165, 1.54) is 17.0 Å². The number of nitrogens with one attached hydrogen (secondary N) is 2. The topological polar surface area (TPSA) is 84.9 Å². The molecule has 0 bridgehead atoms. The van der Waals surface area contributed by atoms with E-state index in [9.17, 15) is 45.4 Å². The maximum absolute atomic E-state index is 14.5. The summed E-state index contributed by atoms with van der Waals surface area (Å²) in [6, 6.07) is 6.57. The van der Waals surface area contributed by atoms with Gasteiger partial charge in [-0.2, -0.15) is 26.3 Å². The van der Waals surface area contributed by atoms with Crippen LogP contribution in [0.5, 0.6) is 0 Å². The minimum absolute atomic E-state index is 0.0652. The van der Waals surface area contributed by atoms with Crippen molar-refractivity contribution in [3.63, 3.8) is 0 Å². The zero-order valence-electron chi connectivity index (χ0n) is 21.1. The Kier molecular flexibility index (Phi) is 8.31. The molecule has 0 aromatic heterocycles. The number of rotatable bonds is 7. The molecule has 2 aromatic rings. The molecule has 2 aromatic carbocycles. The summed E-state index contributed by atoms with van der Waals surface area (Å²) >= 11 is 0. The normalized spacial score (nSPS) is 17.1. The van der Waals surface area contributed by atoms with Crippen molar-refractivity contribution < 1.29 is 45.4 Å². The Morgan fingerprint density at radius 3 is 2.02 bits per heavy atom. The molecule has 4 rings (SSSR count). The fraction of sp³-hybridized carbons (Fsp3) is 0.462. The lowest BCUT2D eigenvalue weighted by atomic mass is 9.91. The largest absolute Gasteiger partial charge is 0.430 e. The summed E-state index contributed by atoms with van der Waals surface area (Å²) in [5.74, 6) is -0.733. The first-order chi connectivity index (χ1) is 18.7. The van der Waals surface area contributed by atoms with Gasteiger partial charge in [0.15, 0.2) is 0 Å². The van der Waals surface area contributed by atoms with Crippen molar-refractivity contribution in [1.82, 2.24) is 15.1 Å². The highest BCUT2D eigenvalue weighted by Crippen LogP contribution is 2.50. The highest BCUT2D eigenvalue weighted by molar-refractivity contribution is 5.95. The first kappa shape index (κ1) is 29.6. The molecule has 3 N–H and O–H groups in total. The van der Waals surface area contributed by atoms with E-state index in [0.29, 0.717) is 43.2 Å². The van der Waals surface area contributed by atoms with Crippen LogP contribution in [0.3, 0.4) is 0 Å². The lowest BCUT2D eigenvalue weighted by molar-refractivity contribution is -0.376. The highest BCUT2D eigenvalue weighted by Gasteiger charge is 2.71. The number of halogens is 7. The monoisotopic (exact) mass is 576 g/mol. The quantitative estimate of drug-likeness (QED) is 0.420. The fourth-order valence-electron chi connectivity index (χ4n) is 4.36. The molecule has 0 spiro atoms. The van der Waals surface area contributed by atoms with E-state index in [2.05, 4.69) is 10.6 Å². The molecule has 14 heteroatoms. The van der Waals surface area contributed by atoms with Gasteiger partial charge in [-0.3, -0.25) is 9.69 Å². The van der Waals surface area contributed by atoms with Crippen LogP contribution in [0.25, 0.3) is 0 Å². The van der Waals surface area contributed by atoms with Crippen molar-refractivity contribution in [2.24, 2.45) is 5.92 Å². The number of hydrogen-bond donors (Lipinski definition) is 3. The van der Waals surface area contributed by atoms with Gasteiger partial charge in [-0.1, -0.05) is 24.3 Å². The second-order valence-corrected chi connectivity index (χ2v) is 9.94. The fourth-order valence-corrected chi connectivity index (χ4v) is 4.36. The van der Waals surface area contributed by atoms with Gasteiger partial charge in [0.2, 0.25) is 0 Å². The molecule has 3 amide bonds. The van der Waals surface area contributed by atoms with E-state index in [0.717, 1.165) is 31.0 Å². The third kappa shape index (κ3) is 6.49. The van der Waals surface area contributed by atoms with Crippen molar-refractivity contribution in [1.29, 1.82) is 0 Å². The van der Waals surface area contributed by atoms with Crippen molar-refractivity contribution in [3.8, 4) is 0 Å². The van der Waals surface area contributed by atoms with Crippen LogP contribution in [-0.2, 0) is 12.1 Å². The summed E-state index contributed by atoms with van der Waals surface area (Å²) in [5, 5.41) is 14.6. The van der Waals surface area contributed by atoms with Crippen LogP contribution in [0, 0.1) is 11.7 Å². The average Bonchev–Trinajstić information content (AvgIpc) is 3.72. The van der Waals surface area contributed by atoms with Gasteiger partial charge in [0.25, 0.3) is 11.5 Å². The second-order valence-electron chi connectivity index (χ2n) is 9.94. The summed E-state index contributed by atoms with van der Waals surface area (Å²) in [6.07, 6.45) is -9.82. The SMILES string of the molecule is O=C(NCC1CC1)Nc1ccc(C(=O)N2CCN(Cc3ccc(C(O)(C(F)(F)F)C(F)(F)F)cc3)CC2)cc1F. The summed E-state index contributed by atoms with van der Waals surface area (Å²) in [4.78, 5) is 28.1. The maximum atomic E-state index is 14.5. The van der Waals surface area contributed by atoms with Gasteiger partial charge in [-0.25, -0.2) is 9.18 Å². The highest BCUT2D eigenvalue weighted by atomic mass is 19.4. The predicted molar refractivity (Wildman–Crippen MR) is 130 cm³/mol. The number of carbonyl (C=O) groups is 2. The Balaban J connectivity index is 1.30. The lowest BCUT2D eigenvalue weighted by Gasteiger charge is -2.35. The van der Waals surface area contributed by atoms with Gasteiger partial charge in [-0.05, 0) is 42.5 Å². The van der Waals surface area contributed by atoms with Gasteiger partial charge in [-0.15, -0.1) is 0 Å². The van der Waals surface area contributed by atoms with E-state index in [4.69, 9.17) is 0 Å². The number of anilines is 1. The molecule has 1 saturated heterocycles. The van der Waals surface area contributed by atoms with Crippen molar-refractivity contribution >= 4 is 17.6 Å². The molecule has 0 atom stereocenters. The Morgan fingerprint density at radius 2 is 1.50 bits per heavy atom. The second kappa shape index (κ2) is 11.2. The van der Waals surface area contributed by atoms with Gasteiger partial charge >= 0.3 is 18.4 Å². The van der Waals surface area contributed by atoms with Crippen molar-refractivity contribution in [2.45, 2.75) is 37.3 Å².